The van der Waals surface area contributed by atoms with E-state index >= 15 is 0 Å². The maximum absolute atomic E-state index is 10.5. The summed E-state index contributed by atoms with van der Waals surface area (Å²) in [4.78, 5) is 23.9. The van der Waals surface area contributed by atoms with Crippen LogP contribution in [-0.2, 0) is 0 Å². The second-order valence-corrected chi connectivity index (χ2v) is 4.45. The number of nitro groups is 2. The predicted molar refractivity (Wildman–Crippen MR) is 83.8 cm³/mol. The first kappa shape index (κ1) is 15.3. The average Bonchev–Trinajstić information content (AvgIpc) is 2.48. The van der Waals surface area contributed by atoms with Crippen LogP contribution in [0.15, 0.2) is 42.6 Å². The van der Waals surface area contributed by atoms with Crippen LogP contribution in [0.1, 0.15) is 0 Å². The number of nitrogens with zero attached hydrogens (tertiary/aromatic N) is 3. The lowest BCUT2D eigenvalue weighted by Gasteiger charge is -2.09. The first-order valence-corrected chi connectivity index (χ1v) is 6.29. The molecular formula is C12H9N5O4S. The highest BCUT2D eigenvalue weighted by atomic mass is 32.1. The number of non-ortho nitro benzene ring substituents is 1. The fraction of sp³-hybridized carbons (Fsp3) is 0. The fourth-order valence-corrected chi connectivity index (χ4v) is 1.74. The number of benzene rings is 1. The van der Waals surface area contributed by atoms with Crippen LogP contribution in [-0.4, -0.2) is 19.9 Å². The Bertz CT molecular complexity index is 656. The molecule has 2 rings (SSSR count). The van der Waals surface area contributed by atoms with Gasteiger partial charge in [-0.2, -0.15) is 0 Å². The van der Waals surface area contributed by atoms with Gasteiger partial charge in [-0.15, -0.1) is 0 Å². The maximum Gasteiger partial charge on any atom is 0.287 e. The van der Waals surface area contributed by atoms with Crippen LogP contribution in [0.4, 0.5) is 22.9 Å². The van der Waals surface area contributed by atoms with E-state index in [1.54, 1.807) is 0 Å². The molecule has 2 N–H and O–H groups in total. The van der Waals surface area contributed by atoms with Crippen LogP contribution < -0.4 is 10.6 Å². The summed E-state index contributed by atoms with van der Waals surface area (Å²) in [6.45, 7) is 0. The van der Waals surface area contributed by atoms with Gasteiger partial charge in [-0.1, -0.05) is 0 Å². The van der Waals surface area contributed by atoms with Crippen LogP contribution in [0.2, 0.25) is 0 Å². The number of thiocarbonyl (C=S) groups is 1. The lowest BCUT2D eigenvalue weighted by molar-refractivity contribution is -0.385. The summed E-state index contributed by atoms with van der Waals surface area (Å²) >= 11 is 5.06. The van der Waals surface area contributed by atoms with Crippen molar-refractivity contribution in [3.05, 3.63) is 62.8 Å². The molecule has 0 atom stereocenters. The molecule has 1 aromatic carbocycles. The van der Waals surface area contributed by atoms with Gasteiger partial charge in [-0.05, 0) is 30.4 Å². The van der Waals surface area contributed by atoms with Gasteiger partial charge in [-0.25, -0.2) is 4.98 Å². The molecule has 1 heterocycles. The normalized spacial score (nSPS) is 9.82. The van der Waals surface area contributed by atoms with Crippen molar-refractivity contribution in [3.8, 4) is 0 Å². The Kier molecular flexibility index (Phi) is 4.53. The highest BCUT2D eigenvalue weighted by molar-refractivity contribution is 7.80. The fourth-order valence-electron chi connectivity index (χ4n) is 1.51. The van der Waals surface area contributed by atoms with Crippen molar-refractivity contribution in [2.45, 2.75) is 0 Å². The summed E-state index contributed by atoms with van der Waals surface area (Å²) in [5.74, 6) is 0.338. The lowest BCUT2D eigenvalue weighted by Crippen LogP contribution is -2.19. The van der Waals surface area contributed by atoms with Crippen LogP contribution in [0, 0.1) is 20.2 Å². The topological polar surface area (TPSA) is 123 Å². The first-order chi connectivity index (χ1) is 10.5. The molecule has 9 nitrogen and oxygen atoms in total. The molecule has 0 amide bonds. The van der Waals surface area contributed by atoms with E-state index in [2.05, 4.69) is 15.6 Å². The standard InChI is InChI=1S/C12H9N5O4S/c18-16(19)9-3-1-8(2-4-9)14-12(22)15-11-6-5-10(7-13-11)17(20)21/h1-7H,(H2,13,14,15,22). The van der Waals surface area contributed by atoms with E-state index in [4.69, 9.17) is 12.2 Å². The zero-order chi connectivity index (χ0) is 16.1. The Balaban J connectivity index is 1.97. The number of nitrogens with one attached hydrogen (secondary N) is 2. The van der Waals surface area contributed by atoms with Crippen molar-refractivity contribution < 1.29 is 9.85 Å². The second kappa shape index (κ2) is 6.54. The van der Waals surface area contributed by atoms with Gasteiger partial charge in [0.25, 0.3) is 11.4 Å². The van der Waals surface area contributed by atoms with E-state index in [9.17, 15) is 20.2 Å². The summed E-state index contributed by atoms with van der Waals surface area (Å²) in [6.07, 6.45) is 1.11. The van der Waals surface area contributed by atoms with Crippen LogP contribution >= 0.6 is 12.2 Å². The zero-order valence-electron chi connectivity index (χ0n) is 10.9. The molecule has 0 radical (unpaired) electrons. The second-order valence-electron chi connectivity index (χ2n) is 4.04. The minimum Gasteiger partial charge on any atom is -0.332 e. The number of rotatable bonds is 4. The highest BCUT2D eigenvalue weighted by Crippen LogP contribution is 2.16. The molecule has 10 heteroatoms. The molecule has 22 heavy (non-hydrogen) atoms. The van der Waals surface area contributed by atoms with Gasteiger partial charge in [0.15, 0.2) is 5.11 Å². The number of nitro benzene ring substituents is 1. The molecule has 2 aromatic rings. The first-order valence-electron chi connectivity index (χ1n) is 5.88. The Hall–Kier alpha value is -3.14. The van der Waals surface area contributed by atoms with Gasteiger partial charge in [0.05, 0.1) is 9.85 Å². The van der Waals surface area contributed by atoms with E-state index in [0.29, 0.717) is 11.5 Å². The Morgan fingerprint density at radius 3 is 2.05 bits per heavy atom. The quantitative estimate of drug-likeness (QED) is 0.501. The van der Waals surface area contributed by atoms with E-state index in [1.807, 2.05) is 0 Å². The third-order valence-electron chi connectivity index (χ3n) is 2.54. The van der Waals surface area contributed by atoms with Crippen molar-refractivity contribution in [1.29, 1.82) is 0 Å². The van der Waals surface area contributed by atoms with Crippen LogP contribution in [0.3, 0.4) is 0 Å². The van der Waals surface area contributed by atoms with Crippen molar-refractivity contribution >= 4 is 40.2 Å². The monoisotopic (exact) mass is 319 g/mol. The van der Waals surface area contributed by atoms with E-state index < -0.39 is 9.85 Å². The largest absolute Gasteiger partial charge is 0.332 e. The Labute approximate surface area is 129 Å². The maximum atomic E-state index is 10.5. The van der Waals surface area contributed by atoms with Gasteiger partial charge in [0.1, 0.15) is 12.0 Å². The van der Waals surface area contributed by atoms with Gasteiger partial charge in [0.2, 0.25) is 0 Å². The third-order valence-corrected chi connectivity index (χ3v) is 2.74. The molecule has 0 bridgehead atoms. The van der Waals surface area contributed by atoms with Crippen LogP contribution in [0.25, 0.3) is 0 Å². The molecule has 0 saturated heterocycles. The van der Waals surface area contributed by atoms with Crippen molar-refractivity contribution in [3.63, 3.8) is 0 Å². The van der Waals surface area contributed by atoms with E-state index in [0.717, 1.165) is 6.20 Å². The summed E-state index contributed by atoms with van der Waals surface area (Å²) in [7, 11) is 0. The Morgan fingerprint density at radius 2 is 1.55 bits per heavy atom. The van der Waals surface area contributed by atoms with Gasteiger partial charge >= 0.3 is 0 Å². The molecule has 0 aliphatic carbocycles. The molecule has 1 aromatic heterocycles. The molecule has 0 unspecified atom stereocenters. The van der Waals surface area contributed by atoms with Crippen LogP contribution in [0.5, 0.6) is 0 Å². The zero-order valence-corrected chi connectivity index (χ0v) is 11.7. The highest BCUT2D eigenvalue weighted by Gasteiger charge is 2.07. The number of hydrogen-bond donors (Lipinski definition) is 2. The average molecular weight is 319 g/mol. The lowest BCUT2D eigenvalue weighted by atomic mass is 10.3. The summed E-state index contributed by atoms with van der Waals surface area (Å²) in [6, 6.07) is 8.42. The van der Waals surface area contributed by atoms with Gasteiger partial charge < -0.3 is 10.6 Å². The molecule has 0 fully saturated rings. The molecule has 0 spiro atoms. The van der Waals surface area contributed by atoms with Crippen molar-refractivity contribution in [1.82, 2.24) is 4.98 Å². The number of anilines is 2. The van der Waals surface area contributed by atoms with Crippen molar-refractivity contribution in [2.75, 3.05) is 10.6 Å². The smallest absolute Gasteiger partial charge is 0.287 e. The Morgan fingerprint density at radius 1 is 0.955 bits per heavy atom. The minimum atomic E-state index is -0.551. The van der Waals surface area contributed by atoms with Gasteiger partial charge in [0, 0.05) is 23.9 Å². The third kappa shape index (κ3) is 3.93. The number of aromatic nitrogens is 1. The molecule has 0 aliphatic rings. The summed E-state index contributed by atoms with van der Waals surface area (Å²) < 4.78 is 0. The van der Waals surface area contributed by atoms with Gasteiger partial charge in [-0.3, -0.25) is 20.2 Å². The summed E-state index contributed by atoms with van der Waals surface area (Å²) in [5, 5.41) is 26.8. The number of hydrogen-bond acceptors (Lipinski definition) is 6. The molecule has 112 valence electrons. The predicted octanol–water partition coefficient (Wildman–Crippen LogP) is 2.71. The molecule has 0 aliphatic heterocycles. The SMILES string of the molecule is O=[N+]([O-])c1ccc(NC(=S)Nc2ccc([N+](=O)[O-])cn2)cc1. The molecular weight excluding hydrogens is 310 g/mol. The minimum absolute atomic E-state index is 0.0264. The molecule has 0 saturated carbocycles. The van der Waals surface area contributed by atoms with E-state index in [-0.39, 0.29) is 16.5 Å². The number of pyridine rings is 1. The van der Waals surface area contributed by atoms with Crippen molar-refractivity contribution in [2.24, 2.45) is 0 Å². The van der Waals surface area contributed by atoms with E-state index in [1.165, 1.54) is 36.4 Å². The summed E-state index contributed by atoms with van der Waals surface area (Å²) in [5.41, 5.74) is 0.409.